The summed E-state index contributed by atoms with van der Waals surface area (Å²) in [5.41, 5.74) is 4.06. The molecule has 2 rings (SSSR count). The van der Waals surface area contributed by atoms with Crippen LogP contribution in [0.5, 0.6) is 0 Å². The predicted octanol–water partition coefficient (Wildman–Crippen LogP) is 3.21. The van der Waals surface area contributed by atoms with Gasteiger partial charge in [-0.3, -0.25) is 0 Å². The summed E-state index contributed by atoms with van der Waals surface area (Å²) in [5, 5.41) is 11.9. The fraction of sp³-hybridized carbons (Fsp3) is 0.632. The summed E-state index contributed by atoms with van der Waals surface area (Å²) in [5.74, 6) is 0. The SMILES string of the molecule is CC(CCCO)NC(=O)N1CCc2ccc(C(C)(C)C)cc2C1. The molecule has 1 aliphatic rings. The van der Waals surface area contributed by atoms with Crippen molar-refractivity contribution in [1.82, 2.24) is 10.2 Å². The van der Waals surface area contributed by atoms with Crippen molar-refractivity contribution < 1.29 is 9.90 Å². The topological polar surface area (TPSA) is 52.6 Å². The van der Waals surface area contributed by atoms with Gasteiger partial charge in [0.1, 0.15) is 0 Å². The number of hydrogen-bond donors (Lipinski definition) is 2. The molecule has 2 amide bonds. The zero-order chi connectivity index (χ0) is 17.0. The van der Waals surface area contributed by atoms with Gasteiger partial charge < -0.3 is 15.3 Å². The van der Waals surface area contributed by atoms with E-state index in [9.17, 15) is 4.79 Å². The molecule has 23 heavy (non-hydrogen) atoms. The second kappa shape index (κ2) is 7.35. The van der Waals surface area contributed by atoms with E-state index in [1.165, 1.54) is 16.7 Å². The van der Waals surface area contributed by atoms with Crippen LogP contribution in [0.15, 0.2) is 18.2 Å². The average molecular weight is 318 g/mol. The van der Waals surface area contributed by atoms with Crippen molar-refractivity contribution in [3.8, 4) is 0 Å². The number of rotatable bonds is 4. The molecule has 0 saturated heterocycles. The molecule has 0 saturated carbocycles. The molecule has 0 aliphatic carbocycles. The van der Waals surface area contributed by atoms with E-state index < -0.39 is 0 Å². The third-order valence-electron chi connectivity index (χ3n) is 4.54. The number of amides is 2. The van der Waals surface area contributed by atoms with Crippen molar-refractivity contribution in [1.29, 1.82) is 0 Å². The summed E-state index contributed by atoms with van der Waals surface area (Å²) >= 11 is 0. The first kappa shape index (κ1) is 17.8. The van der Waals surface area contributed by atoms with Crippen molar-refractivity contribution >= 4 is 6.03 Å². The highest BCUT2D eigenvalue weighted by molar-refractivity contribution is 5.74. The Morgan fingerprint density at radius 1 is 1.35 bits per heavy atom. The van der Waals surface area contributed by atoms with E-state index >= 15 is 0 Å². The number of hydrogen-bond acceptors (Lipinski definition) is 2. The van der Waals surface area contributed by atoms with Gasteiger partial charge in [-0.15, -0.1) is 0 Å². The number of aliphatic hydroxyl groups excluding tert-OH is 1. The van der Waals surface area contributed by atoms with E-state index in [0.717, 1.165) is 25.8 Å². The lowest BCUT2D eigenvalue weighted by atomic mass is 9.84. The molecule has 1 unspecified atom stereocenters. The highest BCUT2D eigenvalue weighted by Crippen LogP contribution is 2.27. The molecule has 4 heteroatoms. The highest BCUT2D eigenvalue weighted by atomic mass is 16.3. The number of nitrogens with one attached hydrogen (secondary N) is 1. The first-order chi connectivity index (χ1) is 10.8. The molecule has 0 fully saturated rings. The van der Waals surface area contributed by atoms with Gasteiger partial charge in [-0.2, -0.15) is 0 Å². The van der Waals surface area contributed by atoms with Crippen LogP contribution in [0.2, 0.25) is 0 Å². The van der Waals surface area contributed by atoms with Crippen LogP contribution in [0.25, 0.3) is 0 Å². The normalized spacial score (nSPS) is 16.0. The van der Waals surface area contributed by atoms with Gasteiger partial charge in [0.25, 0.3) is 0 Å². The molecule has 0 aromatic heterocycles. The Balaban J connectivity index is 2.02. The van der Waals surface area contributed by atoms with Crippen molar-refractivity contribution in [3.05, 3.63) is 34.9 Å². The van der Waals surface area contributed by atoms with Crippen LogP contribution in [0, 0.1) is 0 Å². The van der Waals surface area contributed by atoms with E-state index in [2.05, 4.69) is 44.3 Å². The Kier molecular flexibility index (Phi) is 5.69. The predicted molar refractivity (Wildman–Crippen MR) is 93.6 cm³/mol. The fourth-order valence-electron chi connectivity index (χ4n) is 2.97. The number of urea groups is 1. The summed E-state index contributed by atoms with van der Waals surface area (Å²) in [7, 11) is 0. The summed E-state index contributed by atoms with van der Waals surface area (Å²) in [6.07, 6.45) is 2.44. The molecule has 0 bridgehead atoms. The van der Waals surface area contributed by atoms with Crippen LogP contribution in [0.1, 0.15) is 57.2 Å². The lowest BCUT2D eigenvalue weighted by Crippen LogP contribution is -2.46. The van der Waals surface area contributed by atoms with Crippen molar-refractivity contribution in [2.24, 2.45) is 0 Å². The number of fused-ring (bicyclic) bond motifs is 1. The number of nitrogens with zero attached hydrogens (tertiary/aromatic N) is 1. The Hall–Kier alpha value is -1.55. The number of benzene rings is 1. The third kappa shape index (κ3) is 4.71. The van der Waals surface area contributed by atoms with Gasteiger partial charge in [-0.1, -0.05) is 39.0 Å². The maximum Gasteiger partial charge on any atom is 0.317 e. The minimum Gasteiger partial charge on any atom is -0.396 e. The van der Waals surface area contributed by atoms with E-state index in [1.807, 2.05) is 11.8 Å². The van der Waals surface area contributed by atoms with E-state index in [-0.39, 0.29) is 24.1 Å². The van der Waals surface area contributed by atoms with Gasteiger partial charge >= 0.3 is 6.03 Å². The second-order valence-electron chi connectivity index (χ2n) is 7.62. The molecule has 1 aliphatic heterocycles. The zero-order valence-corrected chi connectivity index (χ0v) is 14.9. The zero-order valence-electron chi connectivity index (χ0n) is 14.9. The van der Waals surface area contributed by atoms with Crippen LogP contribution < -0.4 is 5.32 Å². The van der Waals surface area contributed by atoms with E-state index in [0.29, 0.717) is 6.54 Å². The highest BCUT2D eigenvalue weighted by Gasteiger charge is 2.23. The van der Waals surface area contributed by atoms with Gasteiger partial charge in [-0.05, 0) is 48.3 Å². The largest absolute Gasteiger partial charge is 0.396 e. The van der Waals surface area contributed by atoms with Crippen LogP contribution in [0.3, 0.4) is 0 Å². The maximum absolute atomic E-state index is 12.4. The molecule has 0 spiro atoms. The molecular weight excluding hydrogens is 288 g/mol. The molecule has 4 nitrogen and oxygen atoms in total. The maximum atomic E-state index is 12.4. The second-order valence-corrected chi connectivity index (χ2v) is 7.62. The smallest absolute Gasteiger partial charge is 0.317 e. The van der Waals surface area contributed by atoms with Crippen molar-refractivity contribution in [2.75, 3.05) is 13.2 Å². The Morgan fingerprint density at radius 3 is 2.74 bits per heavy atom. The lowest BCUT2D eigenvalue weighted by Gasteiger charge is -2.31. The molecule has 0 radical (unpaired) electrons. The minimum absolute atomic E-state index is 0.00208. The van der Waals surface area contributed by atoms with Crippen molar-refractivity contribution in [2.45, 2.75) is 65.0 Å². The van der Waals surface area contributed by atoms with E-state index in [4.69, 9.17) is 5.11 Å². The molecule has 2 N–H and O–H groups in total. The number of carbonyl (C=O) groups excluding carboxylic acids is 1. The van der Waals surface area contributed by atoms with Crippen molar-refractivity contribution in [3.63, 3.8) is 0 Å². The van der Waals surface area contributed by atoms with Crippen LogP contribution in [-0.4, -0.2) is 35.2 Å². The Morgan fingerprint density at radius 2 is 2.09 bits per heavy atom. The van der Waals surface area contributed by atoms with Gasteiger partial charge in [0.15, 0.2) is 0 Å². The fourth-order valence-corrected chi connectivity index (χ4v) is 2.97. The average Bonchev–Trinajstić information content (AvgIpc) is 2.50. The Labute approximate surface area is 139 Å². The Bertz CT molecular complexity index is 549. The first-order valence-electron chi connectivity index (χ1n) is 8.60. The summed E-state index contributed by atoms with van der Waals surface area (Å²) < 4.78 is 0. The standard InChI is InChI=1S/C19H30N2O2/c1-14(6-5-11-22)20-18(23)21-10-9-15-7-8-17(19(2,3)4)12-16(15)13-21/h7-8,12,14,22H,5-6,9-11,13H2,1-4H3,(H,20,23). The summed E-state index contributed by atoms with van der Waals surface area (Å²) in [6.45, 7) is 10.2. The van der Waals surface area contributed by atoms with Gasteiger partial charge in [0, 0.05) is 25.7 Å². The van der Waals surface area contributed by atoms with E-state index in [1.54, 1.807) is 0 Å². The molecular formula is C19H30N2O2. The first-order valence-corrected chi connectivity index (χ1v) is 8.60. The monoisotopic (exact) mass is 318 g/mol. The lowest BCUT2D eigenvalue weighted by molar-refractivity contribution is 0.187. The molecule has 1 heterocycles. The molecule has 1 atom stereocenters. The van der Waals surface area contributed by atoms with Gasteiger partial charge in [0.05, 0.1) is 0 Å². The number of carbonyl (C=O) groups is 1. The summed E-state index contributed by atoms with van der Waals surface area (Å²) in [6, 6.07) is 6.78. The molecule has 128 valence electrons. The van der Waals surface area contributed by atoms with Gasteiger partial charge in [-0.25, -0.2) is 4.79 Å². The van der Waals surface area contributed by atoms with Crippen LogP contribution in [-0.2, 0) is 18.4 Å². The molecule has 1 aromatic rings. The summed E-state index contributed by atoms with van der Waals surface area (Å²) in [4.78, 5) is 14.3. The quantitative estimate of drug-likeness (QED) is 0.895. The number of aliphatic hydroxyl groups is 1. The minimum atomic E-state index is 0.00208. The molecule has 1 aromatic carbocycles. The van der Waals surface area contributed by atoms with Crippen LogP contribution in [0.4, 0.5) is 4.79 Å². The van der Waals surface area contributed by atoms with Gasteiger partial charge in [0.2, 0.25) is 0 Å². The third-order valence-corrected chi connectivity index (χ3v) is 4.54. The van der Waals surface area contributed by atoms with Crippen LogP contribution >= 0.6 is 0 Å².